The quantitative estimate of drug-likeness (QED) is 0.790. The second-order valence-electron chi connectivity index (χ2n) is 4.67. The number of amides is 1. The minimum Gasteiger partial charge on any atom is -0.379 e. The monoisotopic (exact) mass is 232 g/mol. The molecule has 0 saturated carbocycles. The molecule has 4 heteroatoms. The number of rotatable bonds is 1. The molecule has 3 rings (SSSR count). The van der Waals surface area contributed by atoms with Gasteiger partial charge in [0.25, 0.3) is 0 Å². The van der Waals surface area contributed by atoms with Crippen LogP contribution in [0.3, 0.4) is 0 Å². The van der Waals surface area contributed by atoms with Crippen molar-refractivity contribution in [3.63, 3.8) is 0 Å². The van der Waals surface area contributed by atoms with E-state index >= 15 is 0 Å². The minimum absolute atomic E-state index is 0.0700. The Hall–Kier alpha value is -1.39. The summed E-state index contributed by atoms with van der Waals surface area (Å²) in [6.07, 6.45) is 0. The number of hydrogen-bond donors (Lipinski definition) is 1. The summed E-state index contributed by atoms with van der Waals surface area (Å²) in [5.41, 5.74) is 1.47. The molecule has 0 aliphatic carbocycles. The topological polar surface area (TPSA) is 41.6 Å². The first-order valence-electron chi connectivity index (χ1n) is 5.96. The Morgan fingerprint density at radius 3 is 2.76 bits per heavy atom. The molecule has 0 bridgehead atoms. The number of benzene rings is 1. The van der Waals surface area contributed by atoms with E-state index in [4.69, 9.17) is 4.74 Å². The van der Waals surface area contributed by atoms with Crippen LogP contribution in [-0.2, 0) is 15.1 Å². The molecule has 0 spiro atoms. The van der Waals surface area contributed by atoms with Crippen molar-refractivity contribution in [1.82, 2.24) is 4.90 Å². The molecule has 1 amide bonds. The van der Waals surface area contributed by atoms with Crippen molar-refractivity contribution in [2.75, 3.05) is 31.6 Å². The molecule has 1 fully saturated rings. The molecular weight excluding hydrogens is 216 g/mol. The van der Waals surface area contributed by atoms with Gasteiger partial charge in [-0.05, 0) is 13.0 Å². The number of carbonyl (C=O) groups excluding carboxylic acids is 1. The van der Waals surface area contributed by atoms with E-state index < -0.39 is 5.54 Å². The Labute approximate surface area is 101 Å². The van der Waals surface area contributed by atoms with Crippen LogP contribution in [0.2, 0.25) is 0 Å². The molecule has 0 aromatic heterocycles. The van der Waals surface area contributed by atoms with Gasteiger partial charge in [-0.2, -0.15) is 0 Å². The van der Waals surface area contributed by atoms with Gasteiger partial charge in [0.2, 0.25) is 5.91 Å². The van der Waals surface area contributed by atoms with Crippen molar-refractivity contribution >= 4 is 11.6 Å². The highest BCUT2D eigenvalue weighted by atomic mass is 16.5. The summed E-state index contributed by atoms with van der Waals surface area (Å²) >= 11 is 0. The summed E-state index contributed by atoms with van der Waals surface area (Å²) in [7, 11) is 0. The molecule has 1 unspecified atom stereocenters. The molecular formula is C13H16N2O2. The first-order chi connectivity index (χ1) is 8.23. The number of ether oxygens (including phenoxy) is 1. The van der Waals surface area contributed by atoms with Crippen molar-refractivity contribution in [3.05, 3.63) is 29.8 Å². The number of hydrogen-bond acceptors (Lipinski definition) is 3. The molecule has 90 valence electrons. The van der Waals surface area contributed by atoms with Crippen LogP contribution in [-0.4, -0.2) is 37.1 Å². The van der Waals surface area contributed by atoms with Crippen molar-refractivity contribution in [1.29, 1.82) is 0 Å². The van der Waals surface area contributed by atoms with Crippen LogP contribution in [0.15, 0.2) is 24.3 Å². The number of carbonyl (C=O) groups is 1. The molecule has 1 atom stereocenters. The van der Waals surface area contributed by atoms with E-state index in [1.54, 1.807) is 0 Å². The van der Waals surface area contributed by atoms with E-state index in [0.717, 1.165) is 24.3 Å². The molecule has 1 N–H and O–H groups in total. The van der Waals surface area contributed by atoms with Gasteiger partial charge in [-0.15, -0.1) is 0 Å². The second kappa shape index (κ2) is 3.82. The lowest BCUT2D eigenvalue weighted by atomic mass is 9.91. The molecule has 1 saturated heterocycles. The third kappa shape index (κ3) is 1.48. The van der Waals surface area contributed by atoms with Gasteiger partial charge in [0.1, 0.15) is 5.54 Å². The Morgan fingerprint density at radius 1 is 1.29 bits per heavy atom. The molecule has 1 aromatic rings. The molecule has 1 aromatic carbocycles. The van der Waals surface area contributed by atoms with Gasteiger partial charge in [0, 0.05) is 24.3 Å². The highest BCUT2D eigenvalue weighted by Gasteiger charge is 2.47. The molecule has 2 heterocycles. The molecule has 17 heavy (non-hydrogen) atoms. The van der Waals surface area contributed by atoms with E-state index in [2.05, 4.69) is 10.2 Å². The van der Waals surface area contributed by atoms with Crippen LogP contribution in [0, 0.1) is 0 Å². The fourth-order valence-electron chi connectivity index (χ4n) is 2.71. The standard InChI is InChI=1S/C13H16N2O2/c1-13(15-6-8-17-9-7-15)10-4-2-3-5-11(10)14-12(13)16/h2-5H,6-9H2,1H3,(H,14,16). The molecule has 2 aliphatic heterocycles. The number of fused-ring (bicyclic) bond motifs is 1. The van der Waals surface area contributed by atoms with Crippen molar-refractivity contribution < 1.29 is 9.53 Å². The average Bonchev–Trinajstić information content (AvgIpc) is 2.64. The average molecular weight is 232 g/mol. The van der Waals surface area contributed by atoms with Gasteiger partial charge >= 0.3 is 0 Å². The van der Waals surface area contributed by atoms with Gasteiger partial charge in [-0.3, -0.25) is 9.69 Å². The van der Waals surface area contributed by atoms with Crippen LogP contribution in [0.5, 0.6) is 0 Å². The fourth-order valence-corrected chi connectivity index (χ4v) is 2.71. The zero-order chi connectivity index (χ0) is 11.9. The summed E-state index contributed by atoms with van der Waals surface area (Å²) in [4.78, 5) is 14.5. The Kier molecular flexibility index (Phi) is 2.42. The van der Waals surface area contributed by atoms with Gasteiger partial charge in [0.05, 0.1) is 13.2 Å². The summed E-state index contributed by atoms with van der Waals surface area (Å²) in [6, 6.07) is 7.92. The van der Waals surface area contributed by atoms with E-state index in [1.165, 1.54) is 0 Å². The predicted molar refractivity (Wildman–Crippen MR) is 64.8 cm³/mol. The van der Waals surface area contributed by atoms with Crippen molar-refractivity contribution in [2.24, 2.45) is 0 Å². The van der Waals surface area contributed by atoms with Crippen LogP contribution >= 0.6 is 0 Å². The number of para-hydroxylation sites is 1. The SMILES string of the molecule is CC1(N2CCOCC2)C(=O)Nc2ccccc21. The Balaban J connectivity index is 2.03. The second-order valence-corrected chi connectivity index (χ2v) is 4.67. The van der Waals surface area contributed by atoms with Gasteiger partial charge in [-0.25, -0.2) is 0 Å². The number of nitrogens with one attached hydrogen (secondary N) is 1. The number of nitrogens with zero attached hydrogens (tertiary/aromatic N) is 1. The maximum Gasteiger partial charge on any atom is 0.249 e. The minimum atomic E-state index is -0.541. The van der Waals surface area contributed by atoms with E-state index in [1.807, 2.05) is 31.2 Å². The maximum absolute atomic E-state index is 12.3. The first kappa shape index (κ1) is 10.7. The molecule has 0 radical (unpaired) electrons. The van der Waals surface area contributed by atoms with E-state index in [9.17, 15) is 4.79 Å². The molecule has 4 nitrogen and oxygen atoms in total. The highest BCUT2D eigenvalue weighted by Crippen LogP contribution is 2.40. The zero-order valence-electron chi connectivity index (χ0n) is 9.90. The maximum atomic E-state index is 12.3. The third-order valence-corrected chi connectivity index (χ3v) is 3.79. The van der Waals surface area contributed by atoms with Gasteiger partial charge < -0.3 is 10.1 Å². The van der Waals surface area contributed by atoms with Gasteiger partial charge in [-0.1, -0.05) is 18.2 Å². The van der Waals surface area contributed by atoms with Crippen molar-refractivity contribution in [3.8, 4) is 0 Å². The number of anilines is 1. The predicted octanol–water partition coefficient (Wildman–Crippen LogP) is 1.19. The van der Waals surface area contributed by atoms with Crippen molar-refractivity contribution in [2.45, 2.75) is 12.5 Å². The summed E-state index contributed by atoms with van der Waals surface area (Å²) in [5.74, 6) is 0.0700. The van der Waals surface area contributed by atoms with Crippen LogP contribution in [0.4, 0.5) is 5.69 Å². The number of morpholine rings is 1. The third-order valence-electron chi connectivity index (χ3n) is 3.79. The highest BCUT2D eigenvalue weighted by molar-refractivity contribution is 6.05. The lowest BCUT2D eigenvalue weighted by Gasteiger charge is -2.39. The van der Waals surface area contributed by atoms with Gasteiger partial charge in [0.15, 0.2) is 0 Å². The normalized spacial score (nSPS) is 28.9. The fraction of sp³-hybridized carbons (Fsp3) is 0.462. The van der Waals surface area contributed by atoms with Crippen LogP contribution in [0.1, 0.15) is 12.5 Å². The lowest BCUT2D eigenvalue weighted by molar-refractivity contribution is -0.129. The van der Waals surface area contributed by atoms with E-state index in [0.29, 0.717) is 13.2 Å². The summed E-state index contributed by atoms with van der Waals surface area (Å²) in [6.45, 7) is 5.01. The van der Waals surface area contributed by atoms with Crippen LogP contribution in [0.25, 0.3) is 0 Å². The summed E-state index contributed by atoms with van der Waals surface area (Å²) in [5, 5.41) is 2.96. The van der Waals surface area contributed by atoms with E-state index in [-0.39, 0.29) is 5.91 Å². The first-order valence-corrected chi connectivity index (χ1v) is 5.96. The molecule has 2 aliphatic rings. The largest absolute Gasteiger partial charge is 0.379 e. The van der Waals surface area contributed by atoms with Crippen LogP contribution < -0.4 is 5.32 Å². The lowest BCUT2D eigenvalue weighted by Crippen LogP contribution is -2.53. The summed E-state index contributed by atoms with van der Waals surface area (Å²) < 4.78 is 5.35. The smallest absolute Gasteiger partial charge is 0.249 e. The Bertz CT molecular complexity index is 454. The Morgan fingerprint density at radius 2 is 2.00 bits per heavy atom. The zero-order valence-corrected chi connectivity index (χ0v) is 9.90.